The maximum Gasteiger partial charge on any atom is 0.325 e. The van der Waals surface area contributed by atoms with Crippen molar-refractivity contribution in [3.05, 3.63) is 65.0 Å². The quantitative estimate of drug-likeness (QED) is 0.692. The lowest BCUT2D eigenvalue weighted by molar-refractivity contribution is -0.137. The lowest BCUT2D eigenvalue weighted by atomic mass is 10.2. The van der Waals surface area contributed by atoms with E-state index >= 15 is 0 Å². The Hall–Kier alpha value is -3.49. The van der Waals surface area contributed by atoms with Gasteiger partial charge in [0.25, 0.3) is 5.91 Å². The van der Waals surface area contributed by atoms with E-state index in [4.69, 9.17) is 5.11 Å². The van der Waals surface area contributed by atoms with E-state index in [1.807, 2.05) is 6.92 Å². The van der Waals surface area contributed by atoms with Crippen molar-refractivity contribution in [3.63, 3.8) is 0 Å². The van der Waals surface area contributed by atoms with Crippen LogP contribution in [0.2, 0.25) is 0 Å². The fourth-order valence-corrected chi connectivity index (χ4v) is 2.69. The summed E-state index contributed by atoms with van der Waals surface area (Å²) in [6, 6.07) is 6.14. The van der Waals surface area contributed by atoms with Crippen LogP contribution in [0.5, 0.6) is 0 Å². The van der Waals surface area contributed by atoms with E-state index in [-0.39, 0.29) is 17.9 Å². The number of aliphatic carboxylic acids is 1. The first kappa shape index (κ1) is 18.3. The topological polar surface area (TPSA) is 102 Å². The Morgan fingerprint density at radius 1 is 1.22 bits per heavy atom. The van der Waals surface area contributed by atoms with E-state index in [0.29, 0.717) is 17.9 Å². The molecule has 0 atom stereocenters. The van der Waals surface area contributed by atoms with Crippen molar-refractivity contribution >= 4 is 17.6 Å². The predicted octanol–water partition coefficient (Wildman–Crippen LogP) is 2.22. The van der Waals surface area contributed by atoms with Gasteiger partial charge in [0.15, 0.2) is 0 Å². The summed E-state index contributed by atoms with van der Waals surface area (Å²) in [5, 5.41) is 19.8. The molecule has 27 heavy (non-hydrogen) atoms. The number of carbonyl (C=O) groups is 2. The third-order valence-corrected chi connectivity index (χ3v) is 4.06. The van der Waals surface area contributed by atoms with E-state index in [1.165, 1.54) is 29.2 Å². The van der Waals surface area contributed by atoms with E-state index in [2.05, 4.69) is 15.5 Å². The third-order valence-electron chi connectivity index (χ3n) is 4.06. The maximum absolute atomic E-state index is 13.0. The summed E-state index contributed by atoms with van der Waals surface area (Å²) >= 11 is 0. The second-order valence-corrected chi connectivity index (χ2v) is 6.10. The SMILES string of the molecule is Cc1nn(Cc2ccc(F)cc2)c(C)c1NC(=O)c1cnn(CC(=O)O)c1. The Morgan fingerprint density at radius 3 is 2.59 bits per heavy atom. The van der Waals surface area contributed by atoms with Gasteiger partial charge in [0, 0.05) is 6.20 Å². The van der Waals surface area contributed by atoms with Crippen molar-refractivity contribution in [2.75, 3.05) is 5.32 Å². The molecule has 0 aliphatic carbocycles. The minimum absolute atomic E-state index is 0.251. The van der Waals surface area contributed by atoms with Crippen molar-refractivity contribution in [1.29, 1.82) is 0 Å². The number of carbonyl (C=O) groups excluding carboxylic acids is 1. The Kier molecular flexibility index (Phi) is 5.02. The van der Waals surface area contributed by atoms with Gasteiger partial charge in [-0.1, -0.05) is 12.1 Å². The van der Waals surface area contributed by atoms with Crippen LogP contribution < -0.4 is 5.32 Å². The number of benzene rings is 1. The third kappa shape index (κ3) is 4.20. The maximum atomic E-state index is 13.0. The highest BCUT2D eigenvalue weighted by Crippen LogP contribution is 2.21. The van der Waals surface area contributed by atoms with Crippen LogP contribution in [-0.4, -0.2) is 36.5 Å². The van der Waals surface area contributed by atoms with E-state index in [9.17, 15) is 14.0 Å². The van der Waals surface area contributed by atoms with Crippen LogP contribution in [0.25, 0.3) is 0 Å². The molecular formula is C18H18FN5O3. The largest absolute Gasteiger partial charge is 0.480 e. The van der Waals surface area contributed by atoms with Crippen LogP contribution in [0.3, 0.4) is 0 Å². The van der Waals surface area contributed by atoms with Gasteiger partial charge in [-0.15, -0.1) is 0 Å². The van der Waals surface area contributed by atoms with Gasteiger partial charge in [-0.25, -0.2) is 4.39 Å². The van der Waals surface area contributed by atoms with Gasteiger partial charge in [-0.05, 0) is 31.5 Å². The normalized spacial score (nSPS) is 10.8. The minimum Gasteiger partial charge on any atom is -0.480 e. The highest BCUT2D eigenvalue weighted by atomic mass is 19.1. The molecule has 0 fully saturated rings. The number of nitrogens with zero attached hydrogens (tertiary/aromatic N) is 4. The molecule has 2 aromatic heterocycles. The average molecular weight is 371 g/mol. The van der Waals surface area contributed by atoms with Gasteiger partial charge in [-0.2, -0.15) is 10.2 Å². The molecule has 0 saturated heterocycles. The minimum atomic E-state index is -1.04. The van der Waals surface area contributed by atoms with Gasteiger partial charge in [0.2, 0.25) is 0 Å². The zero-order valence-corrected chi connectivity index (χ0v) is 14.8. The molecule has 0 radical (unpaired) electrons. The second-order valence-electron chi connectivity index (χ2n) is 6.10. The first-order valence-corrected chi connectivity index (χ1v) is 8.17. The van der Waals surface area contributed by atoms with E-state index in [0.717, 1.165) is 11.3 Å². The number of rotatable bonds is 6. The van der Waals surface area contributed by atoms with Crippen molar-refractivity contribution < 1.29 is 19.1 Å². The average Bonchev–Trinajstić information content (AvgIpc) is 3.17. The van der Waals surface area contributed by atoms with Crippen molar-refractivity contribution in [2.24, 2.45) is 0 Å². The Labute approximate surface area is 154 Å². The molecule has 1 aromatic carbocycles. The summed E-state index contributed by atoms with van der Waals surface area (Å²) in [5.41, 5.74) is 3.10. The lowest BCUT2D eigenvalue weighted by Crippen LogP contribution is -2.13. The van der Waals surface area contributed by atoms with Gasteiger partial charge in [0.1, 0.15) is 12.4 Å². The molecule has 2 N–H and O–H groups in total. The summed E-state index contributed by atoms with van der Waals surface area (Å²) in [4.78, 5) is 23.1. The number of hydrogen-bond acceptors (Lipinski definition) is 4. The summed E-state index contributed by atoms with van der Waals surface area (Å²) in [6.07, 6.45) is 2.68. The molecule has 0 spiro atoms. The molecule has 140 valence electrons. The molecule has 0 aliphatic heterocycles. The van der Waals surface area contributed by atoms with E-state index < -0.39 is 11.9 Å². The molecule has 0 unspecified atom stereocenters. The predicted molar refractivity (Wildman–Crippen MR) is 95.0 cm³/mol. The number of amides is 1. The molecule has 2 heterocycles. The Balaban J connectivity index is 1.76. The van der Waals surface area contributed by atoms with Crippen LogP contribution >= 0.6 is 0 Å². The number of anilines is 1. The number of aromatic nitrogens is 4. The van der Waals surface area contributed by atoms with Gasteiger partial charge < -0.3 is 10.4 Å². The first-order valence-electron chi connectivity index (χ1n) is 8.17. The smallest absolute Gasteiger partial charge is 0.325 e. The van der Waals surface area contributed by atoms with Crippen molar-refractivity contribution in [2.45, 2.75) is 26.9 Å². The van der Waals surface area contributed by atoms with Crippen LogP contribution in [-0.2, 0) is 17.9 Å². The molecular weight excluding hydrogens is 353 g/mol. The number of aryl methyl sites for hydroxylation is 1. The molecule has 0 saturated carbocycles. The Morgan fingerprint density at radius 2 is 1.93 bits per heavy atom. The second kappa shape index (κ2) is 7.40. The van der Waals surface area contributed by atoms with Gasteiger partial charge >= 0.3 is 5.97 Å². The molecule has 1 amide bonds. The summed E-state index contributed by atoms with van der Waals surface area (Å²) < 4.78 is 15.9. The number of carboxylic acid groups (broad SMARTS) is 1. The summed E-state index contributed by atoms with van der Waals surface area (Å²) in [5.74, 6) is -1.75. The fraction of sp³-hybridized carbons (Fsp3) is 0.222. The van der Waals surface area contributed by atoms with Crippen LogP contribution in [0, 0.1) is 19.7 Å². The zero-order valence-electron chi connectivity index (χ0n) is 14.8. The molecule has 0 bridgehead atoms. The highest BCUT2D eigenvalue weighted by molar-refractivity contribution is 6.04. The van der Waals surface area contributed by atoms with Gasteiger partial charge in [0.05, 0.1) is 35.4 Å². The van der Waals surface area contributed by atoms with E-state index in [1.54, 1.807) is 23.7 Å². The molecule has 8 nitrogen and oxygen atoms in total. The lowest BCUT2D eigenvalue weighted by Gasteiger charge is -2.07. The molecule has 3 aromatic rings. The van der Waals surface area contributed by atoms with Gasteiger partial charge in [-0.3, -0.25) is 19.0 Å². The first-order chi connectivity index (χ1) is 12.8. The number of nitrogens with one attached hydrogen (secondary N) is 1. The van der Waals surface area contributed by atoms with Crippen LogP contribution in [0.15, 0.2) is 36.7 Å². The molecule has 0 aliphatic rings. The number of carboxylic acids is 1. The Bertz CT molecular complexity index is 991. The highest BCUT2D eigenvalue weighted by Gasteiger charge is 2.17. The standard InChI is InChI=1S/C18H18FN5O3/c1-11-17(21-18(27)14-7-20-23(9-14)10-16(25)26)12(2)24(22-11)8-13-3-5-15(19)6-4-13/h3-7,9H,8,10H2,1-2H3,(H,21,27)(H,25,26). The fourth-order valence-electron chi connectivity index (χ4n) is 2.69. The monoisotopic (exact) mass is 371 g/mol. The number of halogens is 1. The summed E-state index contributed by atoms with van der Waals surface area (Å²) in [6.45, 7) is 3.73. The molecule has 9 heteroatoms. The van der Waals surface area contributed by atoms with Crippen molar-refractivity contribution in [1.82, 2.24) is 19.6 Å². The zero-order chi connectivity index (χ0) is 19.6. The van der Waals surface area contributed by atoms with Crippen molar-refractivity contribution in [3.8, 4) is 0 Å². The number of hydrogen-bond donors (Lipinski definition) is 2. The van der Waals surface area contributed by atoms with Crippen LogP contribution in [0.1, 0.15) is 27.3 Å². The summed E-state index contributed by atoms with van der Waals surface area (Å²) in [7, 11) is 0. The van der Waals surface area contributed by atoms with Crippen LogP contribution in [0.4, 0.5) is 10.1 Å². The molecule has 3 rings (SSSR count).